The summed E-state index contributed by atoms with van der Waals surface area (Å²) in [5.74, 6) is -0.847. The molecule has 5 heteroatoms. The summed E-state index contributed by atoms with van der Waals surface area (Å²) < 4.78 is 7.23. The molecule has 3 aromatic rings. The minimum Gasteiger partial charge on any atom is -0.452 e. The van der Waals surface area contributed by atoms with Crippen LogP contribution in [-0.4, -0.2) is 23.1 Å². The molecule has 0 spiro atoms. The topological polar surface area (TPSA) is 60.3 Å². The minimum atomic E-state index is -0.495. The Balaban J connectivity index is 1.70. The summed E-state index contributed by atoms with van der Waals surface area (Å²) in [5.41, 5.74) is 4.15. The zero-order valence-corrected chi connectivity index (χ0v) is 15.2. The number of para-hydroxylation sites is 2. The fourth-order valence-electron chi connectivity index (χ4n) is 3.07. The van der Waals surface area contributed by atoms with E-state index in [-0.39, 0.29) is 12.5 Å². The summed E-state index contributed by atoms with van der Waals surface area (Å²) in [6.07, 6.45) is 1.77. The van der Waals surface area contributed by atoms with E-state index >= 15 is 0 Å². The van der Waals surface area contributed by atoms with Crippen LogP contribution in [0.5, 0.6) is 0 Å². The predicted octanol–water partition coefficient (Wildman–Crippen LogP) is 4.07. The number of nitrogens with zero attached hydrogens (tertiary/aromatic N) is 1. The minimum absolute atomic E-state index is 0.321. The Bertz CT molecular complexity index is 952. The molecule has 2 aromatic carbocycles. The molecule has 0 fully saturated rings. The Labute approximate surface area is 152 Å². The van der Waals surface area contributed by atoms with Crippen LogP contribution < -0.4 is 5.32 Å². The van der Waals surface area contributed by atoms with Gasteiger partial charge in [0.25, 0.3) is 5.91 Å². The van der Waals surface area contributed by atoms with E-state index in [1.165, 1.54) is 0 Å². The van der Waals surface area contributed by atoms with Gasteiger partial charge in [0.2, 0.25) is 0 Å². The van der Waals surface area contributed by atoms with Crippen molar-refractivity contribution in [3.8, 4) is 0 Å². The number of aromatic nitrogens is 1. The van der Waals surface area contributed by atoms with E-state index in [0.29, 0.717) is 5.56 Å². The molecule has 3 rings (SSSR count). The van der Waals surface area contributed by atoms with E-state index < -0.39 is 5.97 Å². The molecule has 1 N–H and O–H groups in total. The van der Waals surface area contributed by atoms with Crippen molar-refractivity contribution in [1.82, 2.24) is 4.57 Å². The van der Waals surface area contributed by atoms with Crippen molar-refractivity contribution in [3.63, 3.8) is 0 Å². The average molecular weight is 350 g/mol. The molecule has 134 valence electrons. The maximum atomic E-state index is 12.5. The summed E-state index contributed by atoms with van der Waals surface area (Å²) >= 11 is 0. The third kappa shape index (κ3) is 3.47. The molecule has 26 heavy (non-hydrogen) atoms. The lowest BCUT2D eigenvalue weighted by atomic mass is 10.1. The van der Waals surface area contributed by atoms with Gasteiger partial charge in [0.15, 0.2) is 6.61 Å². The summed E-state index contributed by atoms with van der Waals surface area (Å²) in [7, 11) is 0. The van der Waals surface area contributed by atoms with Crippen LogP contribution in [-0.2, 0) is 16.1 Å². The van der Waals surface area contributed by atoms with Crippen LogP contribution in [0.15, 0.2) is 48.7 Å². The molecule has 0 saturated heterocycles. The summed E-state index contributed by atoms with van der Waals surface area (Å²) in [6, 6.07) is 13.4. The third-order valence-electron chi connectivity index (χ3n) is 4.43. The second-order valence-corrected chi connectivity index (χ2v) is 6.24. The highest BCUT2D eigenvalue weighted by molar-refractivity contribution is 6.05. The summed E-state index contributed by atoms with van der Waals surface area (Å²) in [4.78, 5) is 24.6. The van der Waals surface area contributed by atoms with Gasteiger partial charge < -0.3 is 14.6 Å². The first-order chi connectivity index (χ1) is 12.5. The number of ether oxygens (including phenoxy) is 1. The van der Waals surface area contributed by atoms with E-state index in [9.17, 15) is 9.59 Å². The molecule has 0 atom stereocenters. The fourth-order valence-corrected chi connectivity index (χ4v) is 3.07. The third-order valence-corrected chi connectivity index (χ3v) is 4.43. The molecule has 0 aliphatic heterocycles. The lowest BCUT2D eigenvalue weighted by Gasteiger charge is -2.11. The number of anilines is 1. The molecule has 1 aromatic heterocycles. The number of aryl methyl sites for hydroxylation is 3. The maximum Gasteiger partial charge on any atom is 0.340 e. The Hall–Kier alpha value is -3.08. The Morgan fingerprint density at radius 3 is 2.42 bits per heavy atom. The number of fused-ring (bicyclic) bond motifs is 1. The molecule has 1 heterocycles. The standard InChI is InChI=1S/C21H22N2O3/c1-4-23-12-17(16-10-5-6-11-18(16)23)21(25)26-13-19(24)22-20-14(2)8-7-9-15(20)3/h5-12H,4,13H2,1-3H3,(H,22,24). The van der Waals surface area contributed by atoms with Crippen LogP contribution in [0.2, 0.25) is 0 Å². The van der Waals surface area contributed by atoms with Gasteiger partial charge in [-0.15, -0.1) is 0 Å². The molecular formula is C21H22N2O3. The van der Waals surface area contributed by atoms with Crippen molar-refractivity contribution in [2.45, 2.75) is 27.3 Å². The molecule has 5 nitrogen and oxygen atoms in total. The highest BCUT2D eigenvalue weighted by Gasteiger charge is 2.17. The quantitative estimate of drug-likeness (QED) is 0.706. The average Bonchev–Trinajstić information content (AvgIpc) is 3.02. The Kier molecular flexibility index (Phi) is 5.07. The number of carbonyl (C=O) groups excluding carboxylic acids is 2. The molecule has 0 bridgehead atoms. The van der Waals surface area contributed by atoms with E-state index in [1.807, 2.05) is 67.8 Å². The van der Waals surface area contributed by atoms with Crippen molar-refractivity contribution in [2.24, 2.45) is 0 Å². The smallest absolute Gasteiger partial charge is 0.340 e. The van der Waals surface area contributed by atoms with Crippen molar-refractivity contribution < 1.29 is 14.3 Å². The van der Waals surface area contributed by atoms with Gasteiger partial charge in [-0.2, -0.15) is 0 Å². The monoisotopic (exact) mass is 350 g/mol. The van der Waals surface area contributed by atoms with Crippen LogP contribution in [0, 0.1) is 13.8 Å². The van der Waals surface area contributed by atoms with Gasteiger partial charge in [0.1, 0.15) is 0 Å². The van der Waals surface area contributed by atoms with Gasteiger partial charge in [-0.25, -0.2) is 4.79 Å². The summed E-state index contributed by atoms with van der Waals surface area (Å²) in [6.45, 7) is 6.29. The number of benzene rings is 2. The van der Waals surface area contributed by atoms with Gasteiger partial charge >= 0.3 is 5.97 Å². The van der Waals surface area contributed by atoms with Crippen LogP contribution in [0.3, 0.4) is 0 Å². The highest BCUT2D eigenvalue weighted by atomic mass is 16.5. The molecule has 0 unspecified atom stereocenters. The molecule has 0 radical (unpaired) electrons. The maximum absolute atomic E-state index is 12.5. The van der Waals surface area contributed by atoms with Gasteiger partial charge in [0.05, 0.1) is 5.56 Å². The number of hydrogen-bond acceptors (Lipinski definition) is 3. The van der Waals surface area contributed by atoms with Crippen molar-refractivity contribution in [3.05, 3.63) is 65.4 Å². The second kappa shape index (κ2) is 7.44. The summed E-state index contributed by atoms with van der Waals surface area (Å²) in [5, 5.41) is 3.65. The number of rotatable bonds is 5. The first-order valence-corrected chi connectivity index (χ1v) is 8.62. The first kappa shape index (κ1) is 17.7. The van der Waals surface area contributed by atoms with Crippen LogP contribution >= 0.6 is 0 Å². The normalized spacial score (nSPS) is 10.7. The molecule has 0 saturated carbocycles. The van der Waals surface area contributed by atoms with Gasteiger partial charge in [0, 0.05) is 29.3 Å². The molecule has 0 aliphatic rings. The van der Waals surface area contributed by atoms with Gasteiger partial charge in [-0.05, 0) is 38.0 Å². The van der Waals surface area contributed by atoms with Crippen LogP contribution in [0.4, 0.5) is 5.69 Å². The lowest BCUT2D eigenvalue weighted by molar-refractivity contribution is -0.119. The zero-order chi connectivity index (χ0) is 18.7. The predicted molar refractivity (Wildman–Crippen MR) is 102 cm³/mol. The molecule has 0 aliphatic carbocycles. The Morgan fingerprint density at radius 1 is 1.04 bits per heavy atom. The van der Waals surface area contributed by atoms with Gasteiger partial charge in [-0.3, -0.25) is 4.79 Å². The lowest BCUT2D eigenvalue weighted by Crippen LogP contribution is -2.21. The fraction of sp³-hybridized carbons (Fsp3) is 0.238. The SMILES string of the molecule is CCn1cc(C(=O)OCC(=O)Nc2c(C)cccc2C)c2ccccc21. The van der Waals surface area contributed by atoms with Crippen LogP contribution in [0.25, 0.3) is 10.9 Å². The van der Waals surface area contributed by atoms with E-state index in [2.05, 4.69) is 5.32 Å². The van der Waals surface area contributed by atoms with Crippen molar-refractivity contribution in [2.75, 3.05) is 11.9 Å². The Morgan fingerprint density at radius 2 is 1.73 bits per heavy atom. The number of hydrogen-bond donors (Lipinski definition) is 1. The molecular weight excluding hydrogens is 328 g/mol. The number of amides is 1. The van der Waals surface area contributed by atoms with Crippen LogP contribution in [0.1, 0.15) is 28.4 Å². The first-order valence-electron chi connectivity index (χ1n) is 8.62. The van der Waals surface area contributed by atoms with Crippen molar-refractivity contribution in [1.29, 1.82) is 0 Å². The number of nitrogens with one attached hydrogen (secondary N) is 1. The largest absolute Gasteiger partial charge is 0.452 e. The van der Waals surface area contributed by atoms with Crippen molar-refractivity contribution >= 4 is 28.5 Å². The molecule has 1 amide bonds. The van der Waals surface area contributed by atoms with Gasteiger partial charge in [-0.1, -0.05) is 36.4 Å². The van der Waals surface area contributed by atoms with E-state index in [4.69, 9.17) is 4.74 Å². The number of carbonyl (C=O) groups is 2. The number of esters is 1. The zero-order valence-electron chi connectivity index (χ0n) is 15.2. The highest BCUT2D eigenvalue weighted by Crippen LogP contribution is 2.22. The second-order valence-electron chi connectivity index (χ2n) is 6.24. The van der Waals surface area contributed by atoms with E-state index in [0.717, 1.165) is 34.3 Å². The van der Waals surface area contributed by atoms with E-state index in [1.54, 1.807) is 6.20 Å².